The van der Waals surface area contributed by atoms with Crippen molar-refractivity contribution in [2.45, 2.75) is 0 Å². The summed E-state index contributed by atoms with van der Waals surface area (Å²) < 4.78 is 2.00. The van der Waals surface area contributed by atoms with Crippen molar-refractivity contribution in [2.24, 2.45) is 5.10 Å². The van der Waals surface area contributed by atoms with Gasteiger partial charge < -0.3 is 0 Å². The maximum atomic E-state index is 5.03. The molecule has 0 amide bonds. The Bertz CT molecular complexity index is 764. The highest BCUT2D eigenvalue weighted by Gasteiger charge is 1.97. The number of nitrogens with one attached hydrogen (secondary N) is 1. The van der Waals surface area contributed by atoms with Crippen LogP contribution in [-0.2, 0) is 0 Å². The third-order valence-electron chi connectivity index (χ3n) is 2.68. The Morgan fingerprint density at radius 2 is 2.00 bits per heavy atom. The van der Waals surface area contributed by atoms with Crippen LogP contribution in [0.5, 0.6) is 0 Å². The van der Waals surface area contributed by atoms with Gasteiger partial charge in [0.15, 0.2) is 0 Å². The molecule has 0 aliphatic rings. The minimum Gasteiger partial charge on any atom is -0.250 e. The normalized spacial score (nSPS) is 11.3. The number of H-pyrrole nitrogens is 1. The number of aromatic nitrogens is 3. The van der Waals surface area contributed by atoms with Crippen molar-refractivity contribution in [3.8, 4) is 0 Å². The zero-order valence-corrected chi connectivity index (χ0v) is 10.3. The number of hydrogen-bond donors (Lipinski definition) is 1. The average Bonchev–Trinajstić information content (AvgIpc) is 2.82. The minimum absolute atomic E-state index is 0.478. The van der Waals surface area contributed by atoms with E-state index in [1.807, 2.05) is 24.3 Å². The molecule has 88 valence electrons. The Labute approximate surface area is 109 Å². The molecule has 0 radical (unpaired) electrons. The van der Waals surface area contributed by atoms with Gasteiger partial charge >= 0.3 is 0 Å². The first-order chi connectivity index (χ1) is 8.84. The molecule has 0 spiro atoms. The van der Waals surface area contributed by atoms with Gasteiger partial charge in [-0.2, -0.15) is 14.9 Å². The molecule has 4 nitrogen and oxygen atoms in total. The molecule has 0 unspecified atom stereocenters. The highest BCUT2D eigenvalue weighted by molar-refractivity contribution is 7.71. The van der Waals surface area contributed by atoms with Crippen molar-refractivity contribution in [3.63, 3.8) is 0 Å². The molecule has 0 saturated carbocycles. The Kier molecular flexibility index (Phi) is 2.74. The molecule has 0 fully saturated rings. The third kappa shape index (κ3) is 1.96. The second-order valence-electron chi connectivity index (χ2n) is 3.82. The maximum absolute atomic E-state index is 5.03. The molecule has 5 heteroatoms. The summed E-state index contributed by atoms with van der Waals surface area (Å²) in [6, 6.07) is 14.3. The van der Waals surface area contributed by atoms with E-state index >= 15 is 0 Å². The van der Waals surface area contributed by atoms with E-state index in [9.17, 15) is 0 Å². The van der Waals surface area contributed by atoms with Gasteiger partial charge in [0.25, 0.3) is 0 Å². The first-order valence-corrected chi connectivity index (χ1v) is 5.89. The monoisotopic (exact) mass is 254 g/mol. The van der Waals surface area contributed by atoms with E-state index in [1.54, 1.807) is 12.5 Å². The number of fused-ring (bicyclic) bond motifs is 1. The molecule has 0 saturated heterocycles. The molecule has 1 heterocycles. The summed E-state index contributed by atoms with van der Waals surface area (Å²) in [6.07, 6.45) is 3.33. The predicted molar refractivity (Wildman–Crippen MR) is 74.4 cm³/mol. The van der Waals surface area contributed by atoms with Gasteiger partial charge in [0.2, 0.25) is 4.77 Å². The smallest absolute Gasteiger partial charge is 0.216 e. The van der Waals surface area contributed by atoms with E-state index in [0.717, 1.165) is 5.56 Å². The van der Waals surface area contributed by atoms with E-state index < -0.39 is 0 Å². The van der Waals surface area contributed by atoms with Crippen LogP contribution in [0.25, 0.3) is 10.8 Å². The molecule has 3 rings (SSSR count). The van der Waals surface area contributed by atoms with E-state index in [0.29, 0.717) is 4.77 Å². The lowest BCUT2D eigenvalue weighted by atomic mass is 10.1. The van der Waals surface area contributed by atoms with Crippen molar-refractivity contribution in [3.05, 3.63) is 59.1 Å². The first kappa shape index (κ1) is 10.9. The highest BCUT2D eigenvalue weighted by atomic mass is 32.1. The number of nitrogens with zero attached hydrogens (tertiary/aromatic N) is 3. The van der Waals surface area contributed by atoms with Crippen LogP contribution in [-0.4, -0.2) is 21.1 Å². The highest BCUT2D eigenvalue weighted by Crippen LogP contribution is 2.16. The van der Waals surface area contributed by atoms with E-state index in [2.05, 4.69) is 33.5 Å². The molecule has 0 bridgehead atoms. The average molecular weight is 254 g/mol. The quantitative estimate of drug-likeness (QED) is 0.564. The van der Waals surface area contributed by atoms with E-state index in [4.69, 9.17) is 12.2 Å². The van der Waals surface area contributed by atoms with Crippen molar-refractivity contribution in [1.29, 1.82) is 0 Å². The van der Waals surface area contributed by atoms with Gasteiger partial charge in [-0.15, -0.1) is 0 Å². The molecule has 18 heavy (non-hydrogen) atoms. The summed E-state index contributed by atoms with van der Waals surface area (Å²) >= 11 is 5.03. The van der Waals surface area contributed by atoms with Gasteiger partial charge in [-0.1, -0.05) is 42.5 Å². The standard InChI is InChI=1S/C13H10N4S/c18-13-16-14-9-17(13)15-8-11-6-3-5-10-4-1-2-7-12(10)11/h1-9H,(H,16,18)/b15-8-. The van der Waals surface area contributed by atoms with Crippen LogP contribution in [0, 0.1) is 4.77 Å². The molecule has 1 N–H and O–H groups in total. The molecular weight excluding hydrogens is 244 g/mol. The molecule has 0 aliphatic carbocycles. The fraction of sp³-hybridized carbons (Fsp3) is 0. The van der Waals surface area contributed by atoms with Crippen LogP contribution in [0.2, 0.25) is 0 Å². The maximum Gasteiger partial charge on any atom is 0.216 e. The van der Waals surface area contributed by atoms with E-state index in [-0.39, 0.29) is 0 Å². The summed E-state index contributed by atoms with van der Waals surface area (Å²) in [6.45, 7) is 0. The lowest BCUT2D eigenvalue weighted by Gasteiger charge is -2.00. The zero-order chi connectivity index (χ0) is 12.4. The van der Waals surface area contributed by atoms with Crippen molar-refractivity contribution in [2.75, 3.05) is 0 Å². The summed E-state index contributed by atoms with van der Waals surface area (Å²) in [4.78, 5) is 0. The van der Waals surface area contributed by atoms with Gasteiger partial charge in [-0.05, 0) is 23.0 Å². The lowest BCUT2D eigenvalue weighted by Crippen LogP contribution is -1.90. The lowest BCUT2D eigenvalue weighted by molar-refractivity contribution is 0.863. The summed E-state index contributed by atoms with van der Waals surface area (Å²) in [5.41, 5.74) is 1.05. The van der Waals surface area contributed by atoms with Crippen LogP contribution in [0.15, 0.2) is 53.9 Å². The van der Waals surface area contributed by atoms with Crippen LogP contribution >= 0.6 is 12.2 Å². The molecule has 0 aliphatic heterocycles. The van der Waals surface area contributed by atoms with Crippen molar-refractivity contribution < 1.29 is 0 Å². The van der Waals surface area contributed by atoms with Crippen LogP contribution in [0.3, 0.4) is 0 Å². The van der Waals surface area contributed by atoms with Crippen LogP contribution in [0.1, 0.15) is 5.56 Å². The second-order valence-corrected chi connectivity index (χ2v) is 4.21. The topological polar surface area (TPSA) is 46.0 Å². The Balaban J connectivity index is 2.08. The third-order valence-corrected chi connectivity index (χ3v) is 2.96. The van der Waals surface area contributed by atoms with Crippen molar-refractivity contribution in [1.82, 2.24) is 14.9 Å². The van der Waals surface area contributed by atoms with E-state index in [1.165, 1.54) is 15.4 Å². The molecule has 1 aromatic heterocycles. The molecular formula is C13H10N4S. The largest absolute Gasteiger partial charge is 0.250 e. The predicted octanol–water partition coefficient (Wildman–Crippen LogP) is 2.98. The number of aromatic amines is 1. The molecule has 2 aromatic carbocycles. The summed E-state index contributed by atoms with van der Waals surface area (Å²) in [5.74, 6) is 0. The second kappa shape index (κ2) is 4.54. The first-order valence-electron chi connectivity index (χ1n) is 5.49. The number of rotatable bonds is 2. The summed E-state index contributed by atoms with van der Waals surface area (Å²) in [5, 5.41) is 13.1. The minimum atomic E-state index is 0.478. The molecule has 0 atom stereocenters. The Morgan fingerprint density at radius 3 is 2.83 bits per heavy atom. The van der Waals surface area contributed by atoms with Gasteiger partial charge in [0.05, 0.1) is 6.21 Å². The fourth-order valence-corrected chi connectivity index (χ4v) is 1.96. The van der Waals surface area contributed by atoms with Crippen LogP contribution < -0.4 is 0 Å². The Morgan fingerprint density at radius 1 is 1.17 bits per heavy atom. The van der Waals surface area contributed by atoms with Gasteiger partial charge in [-0.25, -0.2) is 0 Å². The Hall–Kier alpha value is -2.27. The SMILES string of the molecule is S=c1[nH]ncn1/N=C\c1cccc2ccccc12. The summed E-state index contributed by atoms with van der Waals surface area (Å²) in [7, 11) is 0. The zero-order valence-electron chi connectivity index (χ0n) is 9.45. The number of benzene rings is 2. The fourth-order valence-electron chi connectivity index (χ4n) is 1.81. The van der Waals surface area contributed by atoms with Gasteiger partial charge in [0, 0.05) is 5.56 Å². The number of hydrogen-bond acceptors (Lipinski definition) is 3. The van der Waals surface area contributed by atoms with Gasteiger partial charge in [0.1, 0.15) is 6.33 Å². The molecule has 3 aromatic rings. The van der Waals surface area contributed by atoms with Crippen LogP contribution in [0.4, 0.5) is 0 Å². The van der Waals surface area contributed by atoms with Gasteiger partial charge in [-0.3, -0.25) is 5.10 Å². The van der Waals surface area contributed by atoms with Crippen molar-refractivity contribution >= 4 is 29.2 Å².